The molecule has 0 unspecified atom stereocenters. The second-order valence-electron chi connectivity index (χ2n) is 8.46. The number of aliphatic hydroxyl groups is 1. The van der Waals surface area contributed by atoms with E-state index < -0.39 is 17.7 Å². The number of halogens is 2. The highest BCUT2D eigenvalue weighted by molar-refractivity contribution is 5.51. The Morgan fingerprint density at radius 3 is 2.61 bits per heavy atom. The number of fused-ring (bicyclic) bond motifs is 1. The minimum absolute atomic E-state index is 0.308. The first kappa shape index (κ1) is 23.1. The molecule has 172 valence electrons. The monoisotopic (exact) mass is 449 g/mol. The Bertz CT molecular complexity index is 1100. The van der Waals surface area contributed by atoms with Gasteiger partial charge in [-0.05, 0) is 59.4 Å². The van der Waals surface area contributed by atoms with Gasteiger partial charge in [0.2, 0.25) is 0 Å². The molecule has 0 saturated heterocycles. The van der Waals surface area contributed by atoms with Crippen molar-refractivity contribution in [2.45, 2.75) is 45.0 Å². The van der Waals surface area contributed by atoms with Crippen molar-refractivity contribution in [1.82, 2.24) is 15.2 Å². The lowest BCUT2D eigenvalue weighted by Crippen LogP contribution is -2.47. The van der Waals surface area contributed by atoms with Gasteiger partial charge in [0, 0.05) is 38.1 Å². The molecule has 2 heterocycles. The summed E-state index contributed by atoms with van der Waals surface area (Å²) in [5.74, 6) is -1.23. The zero-order valence-corrected chi connectivity index (χ0v) is 18.7. The molecule has 0 spiro atoms. The van der Waals surface area contributed by atoms with Gasteiger partial charge in [-0.15, -0.1) is 0 Å². The van der Waals surface area contributed by atoms with Gasteiger partial charge in [0.05, 0.1) is 17.8 Å². The van der Waals surface area contributed by atoms with Crippen LogP contribution < -0.4 is 5.32 Å². The molecular weight excluding hydrogens is 420 g/mol. The van der Waals surface area contributed by atoms with Crippen LogP contribution in [0.4, 0.5) is 8.78 Å². The fraction of sp³-hybridized carbons (Fsp3) is 0.296. The van der Waals surface area contributed by atoms with E-state index in [0.29, 0.717) is 31.6 Å². The number of aliphatic hydroxyl groups excluding tert-OH is 1. The average Bonchev–Trinajstić information content (AvgIpc) is 2.81. The number of aromatic nitrogens is 1. The zero-order chi connectivity index (χ0) is 23.2. The van der Waals surface area contributed by atoms with Gasteiger partial charge < -0.3 is 15.3 Å². The number of benzene rings is 2. The van der Waals surface area contributed by atoms with Crippen LogP contribution in [0, 0.1) is 11.6 Å². The van der Waals surface area contributed by atoms with Crippen molar-refractivity contribution in [1.29, 1.82) is 0 Å². The second kappa shape index (κ2) is 10.7. The van der Waals surface area contributed by atoms with E-state index in [1.54, 1.807) is 6.20 Å². The van der Waals surface area contributed by atoms with Gasteiger partial charge in [0.15, 0.2) is 0 Å². The molecule has 0 saturated carbocycles. The molecule has 0 fully saturated rings. The Balaban J connectivity index is 1.49. The molecule has 2 N–H and O–H groups in total. The average molecular weight is 450 g/mol. The third-order valence-corrected chi connectivity index (χ3v) is 6.02. The molecule has 1 aromatic heterocycles. The molecule has 4 nitrogen and oxygen atoms in total. The number of nitrogens with one attached hydrogen (secondary N) is 1. The quantitative estimate of drug-likeness (QED) is 0.506. The Hall–Kier alpha value is -3.09. The van der Waals surface area contributed by atoms with Crippen LogP contribution in [0.5, 0.6) is 0 Å². The van der Waals surface area contributed by atoms with E-state index >= 15 is 0 Å². The predicted octanol–water partition coefficient (Wildman–Crippen LogP) is 4.47. The van der Waals surface area contributed by atoms with Gasteiger partial charge in [-0.1, -0.05) is 37.3 Å². The fourth-order valence-electron chi connectivity index (χ4n) is 4.28. The Labute approximate surface area is 193 Å². The van der Waals surface area contributed by atoms with Crippen LogP contribution in [0.1, 0.15) is 34.9 Å². The summed E-state index contributed by atoms with van der Waals surface area (Å²) in [4.78, 5) is 6.40. The van der Waals surface area contributed by atoms with Crippen molar-refractivity contribution in [3.63, 3.8) is 0 Å². The molecule has 33 heavy (non-hydrogen) atoms. The first-order valence-corrected chi connectivity index (χ1v) is 11.3. The van der Waals surface area contributed by atoms with Crippen LogP contribution in [0.3, 0.4) is 0 Å². The van der Waals surface area contributed by atoms with E-state index in [0.717, 1.165) is 29.3 Å². The number of rotatable bonds is 9. The number of hydrogen-bond acceptors (Lipinski definition) is 4. The maximum Gasteiger partial charge on any atom is 0.126 e. The van der Waals surface area contributed by atoms with E-state index in [-0.39, 0.29) is 6.04 Å². The van der Waals surface area contributed by atoms with Crippen molar-refractivity contribution in [3.05, 3.63) is 107 Å². The van der Waals surface area contributed by atoms with E-state index in [1.807, 2.05) is 35.4 Å². The normalized spacial score (nSPS) is 14.7. The minimum Gasteiger partial charge on any atom is -0.390 e. The number of aryl methyl sites for hydroxylation is 1. The van der Waals surface area contributed by atoms with Gasteiger partial charge in [0.1, 0.15) is 11.6 Å². The highest BCUT2D eigenvalue weighted by atomic mass is 19.1. The van der Waals surface area contributed by atoms with Crippen molar-refractivity contribution < 1.29 is 13.9 Å². The Morgan fingerprint density at radius 1 is 1.03 bits per heavy atom. The lowest BCUT2D eigenvalue weighted by atomic mass is 9.97. The highest BCUT2D eigenvalue weighted by Crippen LogP contribution is 2.23. The third-order valence-electron chi connectivity index (χ3n) is 6.02. The van der Waals surface area contributed by atoms with Gasteiger partial charge in [0.25, 0.3) is 0 Å². The van der Waals surface area contributed by atoms with Gasteiger partial charge >= 0.3 is 0 Å². The molecule has 2 atom stereocenters. The third kappa shape index (κ3) is 6.03. The summed E-state index contributed by atoms with van der Waals surface area (Å²) in [6, 6.07) is 15.4. The summed E-state index contributed by atoms with van der Waals surface area (Å²) < 4.78 is 27.6. The SMILES string of the molecule is CCc1cccc(CNC[C@@H](O)[C@H](Cc2cc(F)cc(F)c2)N2C=Cc3ncccc3C2)c1. The molecule has 0 amide bonds. The summed E-state index contributed by atoms with van der Waals surface area (Å²) in [5, 5.41) is 14.5. The van der Waals surface area contributed by atoms with Crippen LogP contribution in [0.15, 0.2) is 67.0 Å². The standard InChI is InChI=1S/C27H29F2N3O/c1-2-19-5-3-6-20(11-19)16-30-17-27(33)26(14-21-12-23(28)15-24(29)13-21)32-10-8-25-22(18-32)7-4-9-31-25/h3-13,15,26-27,30,33H,2,14,16-18H2,1H3/t26-,27+/m0/s1. The zero-order valence-electron chi connectivity index (χ0n) is 18.7. The summed E-state index contributed by atoms with van der Waals surface area (Å²) >= 11 is 0. The molecule has 3 aromatic rings. The highest BCUT2D eigenvalue weighted by Gasteiger charge is 2.27. The van der Waals surface area contributed by atoms with Gasteiger partial charge in [-0.3, -0.25) is 4.98 Å². The number of pyridine rings is 1. The molecule has 6 heteroatoms. The Morgan fingerprint density at radius 2 is 1.82 bits per heavy atom. The van der Waals surface area contributed by atoms with Crippen LogP contribution in [0.2, 0.25) is 0 Å². The summed E-state index contributed by atoms with van der Waals surface area (Å²) in [5.41, 5.74) is 4.88. The molecule has 4 rings (SSSR count). The van der Waals surface area contributed by atoms with E-state index in [2.05, 4.69) is 35.4 Å². The van der Waals surface area contributed by atoms with Crippen LogP contribution in [-0.2, 0) is 25.9 Å². The molecule has 0 aliphatic carbocycles. The summed E-state index contributed by atoms with van der Waals surface area (Å²) in [7, 11) is 0. The molecule has 0 bridgehead atoms. The fourth-order valence-corrected chi connectivity index (χ4v) is 4.28. The van der Waals surface area contributed by atoms with Crippen molar-refractivity contribution >= 4 is 6.08 Å². The van der Waals surface area contributed by atoms with Crippen molar-refractivity contribution in [2.75, 3.05) is 6.54 Å². The first-order valence-electron chi connectivity index (χ1n) is 11.3. The van der Waals surface area contributed by atoms with Crippen LogP contribution in [-0.4, -0.2) is 33.7 Å². The topological polar surface area (TPSA) is 48.4 Å². The predicted molar refractivity (Wildman–Crippen MR) is 126 cm³/mol. The van der Waals surface area contributed by atoms with Crippen molar-refractivity contribution in [2.24, 2.45) is 0 Å². The molecule has 1 aliphatic rings. The summed E-state index contributed by atoms with van der Waals surface area (Å²) in [6.07, 6.45) is 6.09. The van der Waals surface area contributed by atoms with Gasteiger partial charge in [-0.25, -0.2) is 8.78 Å². The van der Waals surface area contributed by atoms with Crippen LogP contribution >= 0.6 is 0 Å². The molecular formula is C27H29F2N3O. The first-order chi connectivity index (χ1) is 16.0. The Kier molecular flexibility index (Phi) is 7.47. The van der Waals surface area contributed by atoms with Gasteiger partial charge in [-0.2, -0.15) is 0 Å². The minimum atomic E-state index is -0.756. The molecule has 0 radical (unpaired) electrons. The summed E-state index contributed by atoms with van der Waals surface area (Å²) in [6.45, 7) is 3.67. The van der Waals surface area contributed by atoms with E-state index in [9.17, 15) is 13.9 Å². The maximum absolute atomic E-state index is 13.8. The lowest BCUT2D eigenvalue weighted by Gasteiger charge is -2.36. The van der Waals surface area contributed by atoms with Crippen LogP contribution in [0.25, 0.3) is 6.08 Å². The van der Waals surface area contributed by atoms with E-state index in [4.69, 9.17) is 0 Å². The lowest BCUT2D eigenvalue weighted by molar-refractivity contribution is 0.0692. The largest absolute Gasteiger partial charge is 0.390 e. The van der Waals surface area contributed by atoms with Crippen molar-refractivity contribution in [3.8, 4) is 0 Å². The smallest absolute Gasteiger partial charge is 0.126 e. The van der Waals surface area contributed by atoms with E-state index in [1.165, 1.54) is 17.7 Å². The molecule has 1 aliphatic heterocycles. The molecule has 2 aromatic carbocycles. The second-order valence-corrected chi connectivity index (χ2v) is 8.46. The number of hydrogen-bond donors (Lipinski definition) is 2. The maximum atomic E-state index is 13.8. The number of nitrogens with zero attached hydrogens (tertiary/aromatic N) is 2.